The predicted molar refractivity (Wildman–Crippen MR) is 82.4 cm³/mol. The third-order valence-corrected chi connectivity index (χ3v) is 3.34. The van der Waals surface area contributed by atoms with Gasteiger partial charge in [0.05, 0.1) is 6.20 Å². The Morgan fingerprint density at radius 2 is 2.10 bits per heavy atom. The van der Waals surface area contributed by atoms with E-state index in [-0.39, 0.29) is 5.75 Å². The fourth-order valence-electron chi connectivity index (χ4n) is 2.03. The fourth-order valence-corrected chi connectivity index (χ4v) is 2.23. The van der Waals surface area contributed by atoms with E-state index in [0.29, 0.717) is 17.3 Å². The molecule has 0 aliphatic carbocycles. The van der Waals surface area contributed by atoms with Gasteiger partial charge in [0.25, 0.3) is 0 Å². The molecule has 0 atom stereocenters. The second-order valence-corrected chi connectivity index (χ2v) is 5.01. The summed E-state index contributed by atoms with van der Waals surface area (Å²) in [5, 5.41) is 13.6. The van der Waals surface area contributed by atoms with Crippen LogP contribution < -0.4 is 5.32 Å². The number of rotatable bonds is 4. The van der Waals surface area contributed by atoms with Gasteiger partial charge >= 0.3 is 0 Å². The topological polar surface area (TPSA) is 58.3 Å². The van der Waals surface area contributed by atoms with E-state index in [1.807, 2.05) is 24.3 Å². The van der Waals surface area contributed by atoms with Gasteiger partial charge in [0, 0.05) is 28.4 Å². The molecular formula is C16H13ClN2O2. The van der Waals surface area contributed by atoms with Crippen LogP contribution in [-0.2, 0) is 6.54 Å². The van der Waals surface area contributed by atoms with Gasteiger partial charge in [-0.15, -0.1) is 0 Å². The van der Waals surface area contributed by atoms with Crippen LogP contribution in [0.15, 0.2) is 59.5 Å². The fraction of sp³-hybridized carbons (Fsp3) is 0.0625. The molecule has 1 aromatic heterocycles. The Labute approximate surface area is 127 Å². The zero-order valence-corrected chi connectivity index (χ0v) is 11.8. The Bertz CT molecular complexity index is 742. The summed E-state index contributed by atoms with van der Waals surface area (Å²) in [6.07, 6.45) is 3.07. The van der Waals surface area contributed by atoms with Crippen LogP contribution in [0, 0.1) is 0 Å². The van der Waals surface area contributed by atoms with Crippen LogP contribution in [0.5, 0.6) is 5.75 Å². The lowest BCUT2D eigenvalue weighted by molar-refractivity contribution is 0.469. The minimum atomic E-state index is 0.221. The molecule has 2 aromatic carbocycles. The van der Waals surface area contributed by atoms with Gasteiger partial charge in [0.2, 0.25) is 0 Å². The molecule has 0 aliphatic rings. The van der Waals surface area contributed by atoms with Gasteiger partial charge in [-0.3, -0.25) is 0 Å². The van der Waals surface area contributed by atoms with E-state index in [4.69, 9.17) is 16.0 Å². The molecule has 0 fully saturated rings. The van der Waals surface area contributed by atoms with Crippen molar-refractivity contribution in [2.75, 3.05) is 5.32 Å². The van der Waals surface area contributed by atoms with Gasteiger partial charge in [-0.1, -0.05) is 23.7 Å². The molecular weight excluding hydrogens is 288 g/mol. The highest BCUT2D eigenvalue weighted by atomic mass is 35.5. The minimum Gasteiger partial charge on any atom is -0.508 e. The van der Waals surface area contributed by atoms with Crippen molar-refractivity contribution in [2.45, 2.75) is 6.54 Å². The highest BCUT2D eigenvalue weighted by Crippen LogP contribution is 2.25. The van der Waals surface area contributed by atoms with Crippen molar-refractivity contribution >= 4 is 17.3 Å². The third kappa shape index (κ3) is 3.17. The van der Waals surface area contributed by atoms with E-state index in [2.05, 4.69) is 10.3 Å². The summed E-state index contributed by atoms with van der Waals surface area (Å²) >= 11 is 5.93. The second-order valence-electron chi connectivity index (χ2n) is 4.57. The van der Waals surface area contributed by atoms with Crippen LogP contribution in [-0.4, -0.2) is 10.1 Å². The van der Waals surface area contributed by atoms with Crippen LogP contribution in [0.1, 0.15) is 5.56 Å². The number of phenolic OH excluding ortho intramolecular Hbond substituents is 1. The highest BCUT2D eigenvalue weighted by molar-refractivity contribution is 6.30. The number of phenols is 1. The van der Waals surface area contributed by atoms with E-state index in [1.165, 1.54) is 6.39 Å². The molecule has 21 heavy (non-hydrogen) atoms. The number of aromatic nitrogens is 1. The van der Waals surface area contributed by atoms with Crippen molar-refractivity contribution in [1.82, 2.24) is 4.98 Å². The van der Waals surface area contributed by atoms with E-state index in [9.17, 15) is 5.11 Å². The largest absolute Gasteiger partial charge is 0.508 e. The average Bonchev–Trinajstić information content (AvgIpc) is 3.03. The molecule has 2 N–H and O–H groups in total. The number of aromatic hydroxyl groups is 1. The number of halogens is 1. The van der Waals surface area contributed by atoms with Crippen molar-refractivity contribution in [1.29, 1.82) is 0 Å². The normalized spacial score (nSPS) is 10.5. The highest BCUT2D eigenvalue weighted by Gasteiger charge is 2.04. The summed E-state index contributed by atoms with van der Waals surface area (Å²) in [6.45, 7) is 0.478. The van der Waals surface area contributed by atoms with Crippen LogP contribution in [0.2, 0.25) is 5.02 Å². The molecule has 0 unspecified atom stereocenters. The number of hydrogen-bond acceptors (Lipinski definition) is 4. The Kier molecular flexibility index (Phi) is 3.79. The maximum atomic E-state index is 9.80. The lowest BCUT2D eigenvalue weighted by Crippen LogP contribution is -1.99. The summed E-state index contributed by atoms with van der Waals surface area (Å²) in [4.78, 5) is 3.91. The Balaban J connectivity index is 1.76. The number of benzene rings is 2. The molecule has 1 heterocycles. The summed E-state index contributed by atoms with van der Waals surface area (Å²) < 4.78 is 5.28. The first-order valence-corrected chi connectivity index (χ1v) is 6.80. The van der Waals surface area contributed by atoms with E-state index in [1.54, 1.807) is 24.4 Å². The molecule has 5 heteroatoms. The van der Waals surface area contributed by atoms with Crippen molar-refractivity contribution < 1.29 is 9.52 Å². The Morgan fingerprint density at radius 1 is 1.19 bits per heavy atom. The molecule has 0 aliphatic heterocycles. The molecule has 0 bridgehead atoms. The quantitative estimate of drug-likeness (QED) is 0.753. The SMILES string of the molecule is Oc1ccc(Cl)cc1CNc1cccc(-c2cnco2)c1. The van der Waals surface area contributed by atoms with Crippen molar-refractivity contribution in [3.05, 3.63) is 65.6 Å². The zero-order valence-electron chi connectivity index (χ0n) is 11.1. The van der Waals surface area contributed by atoms with Gasteiger partial charge in [-0.25, -0.2) is 4.98 Å². The number of oxazole rings is 1. The van der Waals surface area contributed by atoms with Gasteiger partial charge in [0.1, 0.15) is 5.75 Å². The van der Waals surface area contributed by atoms with Crippen molar-refractivity contribution in [3.63, 3.8) is 0 Å². The summed E-state index contributed by atoms with van der Waals surface area (Å²) in [5.74, 6) is 0.933. The first-order valence-electron chi connectivity index (χ1n) is 6.42. The van der Waals surface area contributed by atoms with Gasteiger partial charge in [-0.2, -0.15) is 0 Å². The van der Waals surface area contributed by atoms with Crippen molar-refractivity contribution in [3.8, 4) is 17.1 Å². The zero-order chi connectivity index (χ0) is 14.7. The minimum absolute atomic E-state index is 0.221. The predicted octanol–water partition coefficient (Wildman–Crippen LogP) is 4.31. The second kappa shape index (κ2) is 5.89. The van der Waals surface area contributed by atoms with E-state index in [0.717, 1.165) is 16.8 Å². The molecule has 0 saturated heterocycles. The molecule has 4 nitrogen and oxygen atoms in total. The van der Waals surface area contributed by atoms with Gasteiger partial charge in [0.15, 0.2) is 12.2 Å². The third-order valence-electron chi connectivity index (χ3n) is 3.10. The molecule has 0 spiro atoms. The van der Waals surface area contributed by atoms with Crippen molar-refractivity contribution in [2.24, 2.45) is 0 Å². The first kappa shape index (κ1) is 13.5. The maximum Gasteiger partial charge on any atom is 0.181 e. The molecule has 0 amide bonds. The smallest absolute Gasteiger partial charge is 0.181 e. The summed E-state index contributed by atoms with van der Waals surface area (Å²) in [6, 6.07) is 12.8. The lowest BCUT2D eigenvalue weighted by atomic mass is 10.1. The van der Waals surface area contributed by atoms with Gasteiger partial charge in [-0.05, 0) is 30.3 Å². The first-order chi connectivity index (χ1) is 10.2. The molecule has 0 radical (unpaired) electrons. The standard InChI is InChI=1S/C16H13ClN2O2/c17-13-4-5-15(20)12(6-13)8-19-14-3-1-2-11(7-14)16-9-18-10-21-16/h1-7,9-10,19-20H,8H2. The van der Waals surface area contributed by atoms with E-state index >= 15 is 0 Å². The van der Waals surface area contributed by atoms with Crippen LogP contribution in [0.3, 0.4) is 0 Å². The molecule has 0 saturated carbocycles. The van der Waals surface area contributed by atoms with Crippen LogP contribution in [0.25, 0.3) is 11.3 Å². The van der Waals surface area contributed by atoms with Crippen LogP contribution >= 0.6 is 11.6 Å². The lowest BCUT2D eigenvalue weighted by Gasteiger charge is -2.09. The number of anilines is 1. The monoisotopic (exact) mass is 300 g/mol. The molecule has 3 rings (SSSR count). The Morgan fingerprint density at radius 3 is 2.90 bits per heavy atom. The summed E-state index contributed by atoms with van der Waals surface area (Å²) in [5.41, 5.74) is 2.60. The number of nitrogens with one attached hydrogen (secondary N) is 1. The van der Waals surface area contributed by atoms with Crippen LogP contribution in [0.4, 0.5) is 5.69 Å². The number of hydrogen-bond donors (Lipinski definition) is 2. The number of nitrogens with zero attached hydrogens (tertiary/aromatic N) is 1. The Hall–Kier alpha value is -2.46. The molecule has 106 valence electrons. The molecule has 3 aromatic rings. The van der Waals surface area contributed by atoms with Gasteiger partial charge < -0.3 is 14.8 Å². The van der Waals surface area contributed by atoms with E-state index < -0.39 is 0 Å². The summed E-state index contributed by atoms with van der Waals surface area (Å²) in [7, 11) is 0. The maximum absolute atomic E-state index is 9.80. The average molecular weight is 301 g/mol.